The number of hydrogen-bond donors (Lipinski definition) is 1. The van der Waals surface area contributed by atoms with Gasteiger partial charge in [0, 0.05) is 37.7 Å². The van der Waals surface area contributed by atoms with Crippen LogP contribution in [0.15, 0.2) is 24.3 Å². The summed E-state index contributed by atoms with van der Waals surface area (Å²) in [5.41, 5.74) is 3.66. The molecule has 0 saturated carbocycles. The van der Waals surface area contributed by atoms with Crippen LogP contribution in [0.3, 0.4) is 0 Å². The molecule has 7 heteroatoms. The number of piperidine rings is 1. The fourth-order valence-electron chi connectivity index (χ4n) is 3.75. The number of aromatic nitrogens is 2. The number of amides is 1. The minimum atomic E-state index is -0.492. The van der Waals surface area contributed by atoms with Gasteiger partial charge in [-0.2, -0.15) is 0 Å². The van der Waals surface area contributed by atoms with Gasteiger partial charge in [0.05, 0.1) is 13.2 Å². The van der Waals surface area contributed by atoms with Crippen molar-refractivity contribution in [3.8, 4) is 0 Å². The molecular weight excluding hydrogens is 356 g/mol. The van der Waals surface area contributed by atoms with Crippen molar-refractivity contribution in [1.82, 2.24) is 14.9 Å². The van der Waals surface area contributed by atoms with E-state index in [1.807, 2.05) is 18.7 Å². The van der Waals surface area contributed by atoms with Gasteiger partial charge >= 0.3 is 0 Å². The molecule has 0 atom stereocenters. The van der Waals surface area contributed by atoms with E-state index in [4.69, 9.17) is 9.47 Å². The molecule has 3 heterocycles. The normalized spacial score (nSPS) is 18.5. The molecule has 2 fully saturated rings. The number of likely N-dealkylation sites (tertiary alicyclic amines) is 1. The third-order valence-corrected chi connectivity index (χ3v) is 5.34. The van der Waals surface area contributed by atoms with Gasteiger partial charge in [-0.15, -0.1) is 0 Å². The zero-order chi connectivity index (χ0) is 19.7. The second-order valence-corrected chi connectivity index (χ2v) is 7.53. The van der Waals surface area contributed by atoms with E-state index in [9.17, 15) is 4.79 Å². The Hall–Kier alpha value is -2.51. The quantitative estimate of drug-likeness (QED) is 0.879. The average molecular weight is 382 g/mol. The lowest BCUT2D eigenvalue weighted by atomic mass is 10.0. The third-order valence-electron chi connectivity index (χ3n) is 5.34. The van der Waals surface area contributed by atoms with Crippen molar-refractivity contribution in [2.45, 2.75) is 39.4 Å². The predicted molar refractivity (Wildman–Crippen MR) is 106 cm³/mol. The van der Waals surface area contributed by atoms with Gasteiger partial charge in [-0.3, -0.25) is 4.79 Å². The molecule has 0 aliphatic carbocycles. The number of nitrogens with zero attached hydrogens (tertiary/aromatic N) is 3. The number of carbonyl (C=O) groups excluding carboxylic acids is 1. The van der Waals surface area contributed by atoms with Crippen molar-refractivity contribution in [2.75, 3.05) is 31.6 Å². The van der Waals surface area contributed by atoms with Crippen molar-refractivity contribution in [1.29, 1.82) is 0 Å². The van der Waals surface area contributed by atoms with E-state index in [2.05, 4.69) is 33.5 Å². The Bertz CT molecular complexity index is 883. The molecule has 148 valence electrons. The summed E-state index contributed by atoms with van der Waals surface area (Å²) in [4.78, 5) is 23.7. The van der Waals surface area contributed by atoms with Crippen LogP contribution in [0.2, 0.25) is 0 Å². The summed E-state index contributed by atoms with van der Waals surface area (Å²) in [7, 11) is 0. The number of hydrogen-bond acceptors (Lipinski definition) is 6. The summed E-state index contributed by atoms with van der Waals surface area (Å²) >= 11 is 0. The average Bonchev–Trinajstić information content (AvgIpc) is 3.12. The van der Waals surface area contributed by atoms with E-state index < -0.39 is 5.79 Å². The minimum Gasteiger partial charge on any atom is -0.347 e. The maximum atomic E-state index is 13.0. The lowest BCUT2D eigenvalue weighted by molar-refractivity contribution is -0.181. The zero-order valence-electron chi connectivity index (χ0n) is 16.6. The molecule has 1 N–H and O–H groups in total. The predicted octanol–water partition coefficient (Wildman–Crippen LogP) is 3.12. The van der Waals surface area contributed by atoms with Crippen molar-refractivity contribution in [2.24, 2.45) is 0 Å². The molecule has 4 rings (SSSR count). The van der Waals surface area contributed by atoms with E-state index >= 15 is 0 Å². The van der Waals surface area contributed by atoms with Crippen LogP contribution >= 0.6 is 0 Å². The number of ether oxygens (including phenoxy) is 2. The Kier molecular flexibility index (Phi) is 5.03. The first kappa shape index (κ1) is 18.8. The van der Waals surface area contributed by atoms with Crippen molar-refractivity contribution in [3.63, 3.8) is 0 Å². The summed E-state index contributed by atoms with van der Waals surface area (Å²) in [6, 6.07) is 7.93. The van der Waals surface area contributed by atoms with Crippen LogP contribution < -0.4 is 5.32 Å². The Morgan fingerprint density at radius 2 is 1.79 bits per heavy atom. The highest BCUT2D eigenvalue weighted by Gasteiger charge is 2.41. The molecule has 2 saturated heterocycles. The number of carbonyl (C=O) groups is 1. The van der Waals surface area contributed by atoms with Crippen LogP contribution in [0.25, 0.3) is 0 Å². The molecule has 0 bridgehead atoms. The van der Waals surface area contributed by atoms with E-state index in [-0.39, 0.29) is 5.91 Å². The van der Waals surface area contributed by atoms with Gasteiger partial charge in [-0.05, 0) is 38.0 Å². The Balaban J connectivity index is 1.50. The van der Waals surface area contributed by atoms with Gasteiger partial charge in [0.15, 0.2) is 5.79 Å². The van der Waals surface area contributed by atoms with E-state index in [0.717, 1.165) is 16.8 Å². The number of aryl methyl sites for hydroxylation is 3. The fraction of sp³-hybridized carbons (Fsp3) is 0.476. The number of benzene rings is 1. The molecule has 0 unspecified atom stereocenters. The van der Waals surface area contributed by atoms with Gasteiger partial charge < -0.3 is 19.7 Å². The maximum Gasteiger partial charge on any atom is 0.272 e. The first-order chi connectivity index (χ1) is 13.4. The second-order valence-electron chi connectivity index (χ2n) is 7.53. The van der Waals surface area contributed by atoms with E-state index in [1.54, 1.807) is 13.0 Å². The third kappa shape index (κ3) is 3.86. The van der Waals surface area contributed by atoms with Crippen LogP contribution in [0.5, 0.6) is 0 Å². The molecule has 0 radical (unpaired) electrons. The highest BCUT2D eigenvalue weighted by molar-refractivity contribution is 5.93. The maximum absolute atomic E-state index is 13.0. The Morgan fingerprint density at radius 3 is 2.50 bits per heavy atom. The number of rotatable bonds is 3. The second kappa shape index (κ2) is 7.48. The lowest BCUT2D eigenvalue weighted by Gasteiger charge is -2.37. The SMILES string of the molecule is Cc1ccc(C)c(Nc2cc(C(=O)N3CCC4(CC3)OCCO4)nc(C)n2)c1. The molecule has 2 aromatic rings. The zero-order valence-corrected chi connectivity index (χ0v) is 16.6. The molecule has 28 heavy (non-hydrogen) atoms. The van der Waals surface area contributed by atoms with Crippen molar-refractivity contribution < 1.29 is 14.3 Å². The van der Waals surface area contributed by atoms with Crippen LogP contribution in [0.4, 0.5) is 11.5 Å². The highest BCUT2D eigenvalue weighted by atomic mass is 16.7. The first-order valence-electron chi connectivity index (χ1n) is 9.71. The molecule has 1 aromatic heterocycles. The molecule has 2 aliphatic heterocycles. The number of anilines is 2. The lowest BCUT2D eigenvalue weighted by Crippen LogP contribution is -2.47. The number of nitrogens with one attached hydrogen (secondary N) is 1. The van der Waals surface area contributed by atoms with Gasteiger partial charge in [-0.25, -0.2) is 9.97 Å². The van der Waals surface area contributed by atoms with Crippen LogP contribution in [0.1, 0.15) is 40.3 Å². The monoisotopic (exact) mass is 382 g/mol. The summed E-state index contributed by atoms with van der Waals surface area (Å²) < 4.78 is 11.5. The molecular formula is C21H26N4O3. The van der Waals surface area contributed by atoms with Gasteiger partial charge in [-0.1, -0.05) is 12.1 Å². The fourth-order valence-corrected chi connectivity index (χ4v) is 3.75. The Morgan fingerprint density at radius 1 is 1.07 bits per heavy atom. The van der Waals surface area contributed by atoms with Crippen LogP contribution in [0, 0.1) is 20.8 Å². The molecule has 1 amide bonds. The highest BCUT2D eigenvalue weighted by Crippen LogP contribution is 2.31. The first-order valence-corrected chi connectivity index (χ1v) is 9.71. The molecule has 2 aliphatic rings. The van der Waals surface area contributed by atoms with Gasteiger partial charge in [0.2, 0.25) is 0 Å². The van der Waals surface area contributed by atoms with E-state index in [1.165, 1.54) is 0 Å². The largest absolute Gasteiger partial charge is 0.347 e. The van der Waals surface area contributed by atoms with Crippen LogP contribution in [-0.2, 0) is 9.47 Å². The van der Waals surface area contributed by atoms with E-state index in [0.29, 0.717) is 56.5 Å². The molecule has 1 aromatic carbocycles. The topological polar surface area (TPSA) is 76.6 Å². The summed E-state index contributed by atoms with van der Waals surface area (Å²) in [5.74, 6) is 0.616. The van der Waals surface area contributed by atoms with Crippen LogP contribution in [-0.4, -0.2) is 52.9 Å². The van der Waals surface area contributed by atoms with Gasteiger partial charge in [0.25, 0.3) is 5.91 Å². The van der Waals surface area contributed by atoms with Crippen molar-refractivity contribution in [3.05, 3.63) is 46.9 Å². The summed E-state index contributed by atoms with van der Waals surface area (Å²) in [6.07, 6.45) is 1.38. The summed E-state index contributed by atoms with van der Waals surface area (Å²) in [6.45, 7) is 8.35. The Labute approximate surface area is 165 Å². The molecule has 7 nitrogen and oxygen atoms in total. The van der Waals surface area contributed by atoms with Gasteiger partial charge in [0.1, 0.15) is 17.3 Å². The van der Waals surface area contributed by atoms with Crippen molar-refractivity contribution >= 4 is 17.4 Å². The molecule has 1 spiro atoms. The minimum absolute atomic E-state index is 0.0811. The standard InChI is InChI=1S/C21H26N4O3/c1-14-4-5-15(2)17(12-14)24-19-13-18(22-16(3)23-19)20(26)25-8-6-21(7-9-25)27-10-11-28-21/h4-5,12-13H,6-11H2,1-3H3,(H,22,23,24). The smallest absolute Gasteiger partial charge is 0.272 e. The summed E-state index contributed by atoms with van der Waals surface area (Å²) in [5, 5.41) is 3.33.